The number of alkyl halides is 1. The normalized spacial score (nSPS) is 10.7. The Bertz CT molecular complexity index is 821. The third-order valence-electron chi connectivity index (χ3n) is 3.91. The molecular weight excluding hydrogens is 475 g/mol. The fraction of sp³-hybridized carbons (Fsp3) is 0.182. The maximum absolute atomic E-state index is 6.42. The first-order valence-electron chi connectivity index (χ1n) is 8.53. The third kappa shape index (κ3) is 5.93. The highest BCUT2D eigenvalue weighted by molar-refractivity contribution is 14.1. The Hall–Kier alpha value is -1.17. The minimum atomic E-state index is 0.585. The second kappa shape index (κ2) is 10.2. The van der Waals surface area contributed by atoms with Crippen LogP contribution < -0.4 is 4.74 Å². The molecule has 0 amide bonds. The highest BCUT2D eigenvalue weighted by atomic mass is 127. The van der Waals surface area contributed by atoms with Crippen molar-refractivity contribution < 1.29 is 4.74 Å². The van der Waals surface area contributed by atoms with Crippen LogP contribution >= 0.6 is 46.0 Å². The Balaban J connectivity index is 1.58. The maximum Gasteiger partial charge on any atom is 0.119 e. The number of halogens is 2. The van der Waals surface area contributed by atoms with Crippen molar-refractivity contribution in [1.82, 2.24) is 0 Å². The molecule has 0 aliphatic rings. The predicted octanol–water partition coefficient (Wildman–Crippen LogP) is 7.44. The van der Waals surface area contributed by atoms with Crippen LogP contribution in [0, 0.1) is 0 Å². The SMILES string of the molecule is Clc1cc(Sc2ccc(OCc3ccccc3)cc2)ccc1CCCI. The van der Waals surface area contributed by atoms with Gasteiger partial charge >= 0.3 is 0 Å². The molecule has 0 N–H and O–H groups in total. The summed E-state index contributed by atoms with van der Waals surface area (Å²) in [7, 11) is 0. The van der Waals surface area contributed by atoms with Gasteiger partial charge < -0.3 is 4.74 Å². The maximum atomic E-state index is 6.42. The Morgan fingerprint density at radius 2 is 1.62 bits per heavy atom. The van der Waals surface area contributed by atoms with Gasteiger partial charge in [0.2, 0.25) is 0 Å². The van der Waals surface area contributed by atoms with E-state index in [2.05, 4.69) is 65.1 Å². The van der Waals surface area contributed by atoms with Crippen molar-refractivity contribution in [2.45, 2.75) is 29.2 Å². The van der Waals surface area contributed by atoms with E-state index in [-0.39, 0.29) is 0 Å². The second-order valence-corrected chi connectivity index (χ2v) is 8.53. The van der Waals surface area contributed by atoms with E-state index >= 15 is 0 Å². The van der Waals surface area contributed by atoms with Gasteiger partial charge in [-0.1, -0.05) is 82.4 Å². The van der Waals surface area contributed by atoms with Crippen LogP contribution in [0.5, 0.6) is 5.75 Å². The van der Waals surface area contributed by atoms with Gasteiger partial charge in [-0.3, -0.25) is 0 Å². The van der Waals surface area contributed by atoms with Gasteiger partial charge in [-0.2, -0.15) is 0 Å². The summed E-state index contributed by atoms with van der Waals surface area (Å²) in [6.45, 7) is 0.585. The molecule has 0 aromatic heterocycles. The molecule has 1 nitrogen and oxygen atoms in total. The zero-order valence-electron chi connectivity index (χ0n) is 14.3. The van der Waals surface area contributed by atoms with Crippen LogP contribution in [0.25, 0.3) is 0 Å². The molecule has 3 rings (SSSR count). The lowest BCUT2D eigenvalue weighted by molar-refractivity contribution is 0.306. The van der Waals surface area contributed by atoms with Gasteiger partial charge in [0.15, 0.2) is 0 Å². The van der Waals surface area contributed by atoms with Gasteiger partial charge in [0.25, 0.3) is 0 Å². The van der Waals surface area contributed by atoms with Crippen LogP contribution in [0.4, 0.5) is 0 Å². The van der Waals surface area contributed by atoms with E-state index in [1.807, 2.05) is 30.3 Å². The molecule has 0 spiro atoms. The van der Waals surface area contributed by atoms with Crippen molar-refractivity contribution in [3.05, 3.63) is 88.9 Å². The predicted molar refractivity (Wildman–Crippen MR) is 120 cm³/mol. The molecule has 0 radical (unpaired) electrons. The fourth-order valence-corrected chi connectivity index (χ4v) is 4.11. The first-order valence-corrected chi connectivity index (χ1v) is 11.3. The second-order valence-electron chi connectivity index (χ2n) is 5.89. The Morgan fingerprint density at radius 1 is 0.885 bits per heavy atom. The molecule has 134 valence electrons. The van der Waals surface area contributed by atoms with E-state index in [1.54, 1.807) is 11.8 Å². The fourth-order valence-electron chi connectivity index (χ4n) is 2.53. The quantitative estimate of drug-likeness (QED) is 0.238. The van der Waals surface area contributed by atoms with Gasteiger partial charge in [0.1, 0.15) is 12.4 Å². The van der Waals surface area contributed by atoms with Crippen molar-refractivity contribution in [3.8, 4) is 5.75 Å². The number of benzene rings is 3. The summed E-state index contributed by atoms with van der Waals surface area (Å²) in [5.41, 5.74) is 2.40. The largest absolute Gasteiger partial charge is 0.489 e. The highest BCUT2D eigenvalue weighted by Gasteiger charge is 2.04. The standard InChI is InChI=1S/C22H20ClIOS/c23-22-15-21(11-8-18(22)7-4-14-24)26-20-12-9-19(10-13-20)25-16-17-5-2-1-3-6-17/h1-3,5-6,8-13,15H,4,7,14,16H2. The van der Waals surface area contributed by atoms with E-state index in [0.717, 1.165) is 32.9 Å². The molecule has 3 aromatic rings. The molecule has 0 aliphatic heterocycles. The van der Waals surface area contributed by atoms with E-state index in [9.17, 15) is 0 Å². The van der Waals surface area contributed by atoms with Crippen LogP contribution in [0.1, 0.15) is 17.5 Å². The van der Waals surface area contributed by atoms with Crippen molar-refractivity contribution in [3.63, 3.8) is 0 Å². The lowest BCUT2D eigenvalue weighted by atomic mass is 10.1. The van der Waals surface area contributed by atoms with Gasteiger partial charge in [-0.25, -0.2) is 0 Å². The lowest BCUT2D eigenvalue weighted by Gasteiger charge is -2.09. The first-order chi connectivity index (χ1) is 12.7. The van der Waals surface area contributed by atoms with Crippen LogP contribution in [0.3, 0.4) is 0 Å². The molecule has 0 saturated heterocycles. The third-order valence-corrected chi connectivity index (χ3v) is 6.02. The molecule has 0 bridgehead atoms. The molecular formula is C22H20ClIOS. The lowest BCUT2D eigenvalue weighted by Crippen LogP contribution is -1.94. The topological polar surface area (TPSA) is 9.23 Å². The van der Waals surface area contributed by atoms with E-state index in [0.29, 0.717) is 6.61 Å². The number of ether oxygens (including phenoxy) is 1. The molecule has 0 saturated carbocycles. The molecule has 0 unspecified atom stereocenters. The Labute approximate surface area is 178 Å². The summed E-state index contributed by atoms with van der Waals surface area (Å²) in [4.78, 5) is 2.33. The minimum Gasteiger partial charge on any atom is -0.489 e. The number of aryl methyl sites for hydroxylation is 1. The zero-order valence-corrected chi connectivity index (χ0v) is 18.1. The zero-order chi connectivity index (χ0) is 18.2. The molecule has 0 fully saturated rings. The van der Waals surface area contributed by atoms with Crippen LogP contribution in [-0.4, -0.2) is 4.43 Å². The first kappa shape index (κ1) is 19.6. The smallest absolute Gasteiger partial charge is 0.119 e. The summed E-state index contributed by atoms with van der Waals surface area (Å²) >= 11 is 10.5. The van der Waals surface area contributed by atoms with Crippen molar-refractivity contribution in [2.75, 3.05) is 4.43 Å². The molecule has 3 aromatic carbocycles. The Kier molecular flexibility index (Phi) is 7.71. The number of hydrogen-bond donors (Lipinski definition) is 0. The van der Waals surface area contributed by atoms with E-state index < -0.39 is 0 Å². The van der Waals surface area contributed by atoms with Crippen molar-refractivity contribution in [1.29, 1.82) is 0 Å². The van der Waals surface area contributed by atoms with Gasteiger partial charge in [-0.15, -0.1) is 0 Å². The number of rotatable bonds is 8. The van der Waals surface area contributed by atoms with Crippen molar-refractivity contribution >= 4 is 46.0 Å². The van der Waals surface area contributed by atoms with Crippen LogP contribution in [-0.2, 0) is 13.0 Å². The van der Waals surface area contributed by atoms with E-state index in [1.165, 1.54) is 16.0 Å². The summed E-state index contributed by atoms with van der Waals surface area (Å²) < 4.78 is 6.99. The van der Waals surface area contributed by atoms with Crippen LogP contribution in [0.2, 0.25) is 5.02 Å². The van der Waals surface area contributed by atoms with Gasteiger partial charge in [0.05, 0.1) is 0 Å². The van der Waals surface area contributed by atoms with E-state index in [4.69, 9.17) is 16.3 Å². The van der Waals surface area contributed by atoms with Gasteiger partial charge in [-0.05, 0) is 64.8 Å². The summed E-state index contributed by atoms with van der Waals surface area (Å²) in [5.74, 6) is 0.880. The molecule has 0 heterocycles. The molecule has 0 atom stereocenters. The average molecular weight is 495 g/mol. The monoisotopic (exact) mass is 494 g/mol. The average Bonchev–Trinajstić information content (AvgIpc) is 2.68. The highest BCUT2D eigenvalue weighted by Crippen LogP contribution is 2.32. The molecule has 4 heteroatoms. The number of hydrogen-bond acceptors (Lipinski definition) is 2. The minimum absolute atomic E-state index is 0.585. The molecule has 0 aliphatic carbocycles. The van der Waals surface area contributed by atoms with Crippen LogP contribution in [0.15, 0.2) is 82.6 Å². The summed E-state index contributed by atoms with van der Waals surface area (Å²) in [5, 5.41) is 0.864. The molecule has 26 heavy (non-hydrogen) atoms. The van der Waals surface area contributed by atoms with Gasteiger partial charge in [0, 0.05) is 14.8 Å². The summed E-state index contributed by atoms with van der Waals surface area (Å²) in [6.07, 6.45) is 2.21. The van der Waals surface area contributed by atoms with Crippen molar-refractivity contribution in [2.24, 2.45) is 0 Å². The Morgan fingerprint density at radius 3 is 2.31 bits per heavy atom. The summed E-state index contributed by atoms with van der Waals surface area (Å²) in [6, 6.07) is 24.8.